The average Bonchev–Trinajstić information content (AvgIpc) is 2.46. The van der Waals surface area contributed by atoms with Crippen LogP contribution in [0.2, 0.25) is 0 Å². The van der Waals surface area contributed by atoms with Crippen LogP contribution in [0, 0.1) is 5.92 Å². The number of nitrogens with zero attached hydrogens (tertiary/aromatic N) is 2. The van der Waals surface area contributed by atoms with Gasteiger partial charge in [-0.3, -0.25) is 4.98 Å². The summed E-state index contributed by atoms with van der Waals surface area (Å²) < 4.78 is 6.39. The molecule has 1 N–H and O–H groups in total. The van der Waals surface area contributed by atoms with E-state index in [1.54, 1.807) is 6.20 Å². The normalized spacial score (nSPS) is 16.7. The molecule has 0 saturated carbocycles. The van der Waals surface area contributed by atoms with Gasteiger partial charge in [0.2, 0.25) is 0 Å². The number of hydrogen-bond acceptors (Lipinski definition) is 4. The van der Waals surface area contributed by atoms with Crippen molar-refractivity contribution in [1.29, 1.82) is 0 Å². The van der Waals surface area contributed by atoms with Crippen molar-refractivity contribution in [3.05, 3.63) is 28.9 Å². The highest BCUT2D eigenvalue weighted by atomic mass is 79.9. The number of halogens is 1. The van der Waals surface area contributed by atoms with Gasteiger partial charge in [-0.1, -0.05) is 15.9 Å². The number of hydrogen-bond donors (Lipinski definition) is 1. The van der Waals surface area contributed by atoms with Crippen molar-refractivity contribution in [2.45, 2.75) is 12.8 Å². The van der Waals surface area contributed by atoms with Crippen LogP contribution in [-0.2, 0) is 4.74 Å². The fraction of sp³-hybridized carbons (Fsp3) is 0.429. The van der Waals surface area contributed by atoms with E-state index in [0.717, 1.165) is 53.9 Å². The molecule has 0 atom stereocenters. The molecule has 1 aromatic heterocycles. The second-order valence-corrected chi connectivity index (χ2v) is 5.74. The van der Waals surface area contributed by atoms with Crippen LogP contribution < -0.4 is 5.32 Å². The number of ether oxygens (including phenoxy) is 1. The Bertz CT molecular complexity index is 570. The maximum atomic E-state index is 5.36. The summed E-state index contributed by atoms with van der Waals surface area (Å²) in [5.74, 6) is 1.53. The van der Waals surface area contributed by atoms with E-state index in [-0.39, 0.29) is 0 Å². The summed E-state index contributed by atoms with van der Waals surface area (Å²) in [6.07, 6.45) is 4.05. The molecule has 0 unspecified atom stereocenters. The van der Waals surface area contributed by atoms with Gasteiger partial charge in [-0.25, -0.2) is 4.98 Å². The summed E-state index contributed by atoms with van der Waals surface area (Å²) in [5.41, 5.74) is 1.83. The van der Waals surface area contributed by atoms with Crippen LogP contribution in [0.25, 0.3) is 11.0 Å². The molecule has 3 rings (SSSR count). The molecule has 0 spiro atoms. The first kappa shape index (κ1) is 12.8. The molecular weight excluding hydrogens is 306 g/mol. The van der Waals surface area contributed by atoms with E-state index in [1.807, 2.05) is 18.2 Å². The van der Waals surface area contributed by atoms with Crippen molar-refractivity contribution in [2.75, 3.05) is 25.1 Å². The maximum Gasteiger partial charge on any atom is 0.145 e. The predicted molar refractivity (Wildman–Crippen MR) is 79.3 cm³/mol. The summed E-state index contributed by atoms with van der Waals surface area (Å²) in [4.78, 5) is 9.00. The summed E-state index contributed by atoms with van der Waals surface area (Å²) >= 11 is 3.44. The van der Waals surface area contributed by atoms with Crippen LogP contribution in [0.3, 0.4) is 0 Å². The molecule has 0 radical (unpaired) electrons. The van der Waals surface area contributed by atoms with Gasteiger partial charge in [0.05, 0.1) is 17.2 Å². The van der Waals surface area contributed by atoms with Gasteiger partial charge in [0.15, 0.2) is 0 Å². The van der Waals surface area contributed by atoms with Crippen molar-refractivity contribution < 1.29 is 4.74 Å². The first-order chi connectivity index (χ1) is 9.31. The Morgan fingerprint density at radius 2 is 2.11 bits per heavy atom. The van der Waals surface area contributed by atoms with Gasteiger partial charge >= 0.3 is 0 Å². The molecule has 0 bridgehead atoms. The van der Waals surface area contributed by atoms with E-state index in [2.05, 4.69) is 31.2 Å². The number of aromatic nitrogens is 2. The Hall–Kier alpha value is -1.20. The Balaban J connectivity index is 1.69. The van der Waals surface area contributed by atoms with Crippen LogP contribution in [0.4, 0.5) is 5.82 Å². The number of fused-ring (bicyclic) bond motifs is 1. The van der Waals surface area contributed by atoms with Crippen LogP contribution in [0.5, 0.6) is 0 Å². The monoisotopic (exact) mass is 321 g/mol. The standard InChI is InChI=1S/C14H16BrN3O/c15-11-1-2-12-13(7-11)16-9-14(18-12)17-8-10-3-5-19-6-4-10/h1-2,7,9-10H,3-6,8H2,(H,17,18). The lowest BCUT2D eigenvalue weighted by Gasteiger charge is -2.22. The lowest BCUT2D eigenvalue weighted by molar-refractivity contribution is 0.0699. The predicted octanol–water partition coefficient (Wildman–Crippen LogP) is 3.23. The number of anilines is 1. The lowest BCUT2D eigenvalue weighted by Crippen LogP contribution is -2.22. The third-order valence-electron chi connectivity index (χ3n) is 3.42. The van der Waals surface area contributed by atoms with Gasteiger partial charge in [-0.05, 0) is 37.0 Å². The van der Waals surface area contributed by atoms with Crippen LogP contribution >= 0.6 is 15.9 Å². The maximum absolute atomic E-state index is 5.36. The van der Waals surface area contributed by atoms with E-state index < -0.39 is 0 Å². The van der Waals surface area contributed by atoms with Gasteiger partial charge < -0.3 is 10.1 Å². The molecular formula is C14H16BrN3O. The Morgan fingerprint density at radius 1 is 1.26 bits per heavy atom. The molecule has 1 saturated heterocycles. The summed E-state index contributed by atoms with van der Waals surface area (Å²) in [7, 11) is 0. The van der Waals surface area contributed by atoms with Gasteiger partial charge in [0.1, 0.15) is 5.82 Å². The summed E-state index contributed by atoms with van der Waals surface area (Å²) in [6, 6.07) is 5.94. The third kappa shape index (κ3) is 3.22. The molecule has 100 valence electrons. The second kappa shape index (κ2) is 5.84. The van der Waals surface area contributed by atoms with E-state index in [9.17, 15) is 0 Å². The van der Waals surface area contributed by atoms with E-state index >= 15 is 0 Å². The minimum absolute atomic E-state index is 0.677. The van der Waals surface area contributed by atoms with Crippen molar-refractivity contribution in [1.82, 2.24) is 9.97 Å². The van der Waals surface area contributed by atoms with Gasteiger partial charge in [-0.15, -0.1) is 0 Å². The molecule has 2 heterocycles. The average molecular weight is 322 g/mol. The van der Waals surface area contributed by atoms with E-state index in [1.165, 1.54) is 0 Å². The van der Waals surface area contributed by atoms with Crippen molar-refractivity contribution >= 4 is 32.8 Å². The molecule has 1 fully saturated rings. The van der Waals surface area contributed by atoms with E-state index in [4.69, 9.17) is 4.74 Å². The molecule has 1 aliphatic rings. The van der Waals surface area contributed by atoms with Crippen molar-refractivity contribution in [3.8, 4) is 0 Å². The van der Waals surface area contributed by atoms with Gasteiger partial charge in [0.25, 0.3) is 0 Å². The Labute approximate surface area is 120 Å². The Kier molecular flexibility index (Phi) is 3.94. The summed E-state index contributed by atoms with van der Waals surface area (Å²) in [6.45, 7) is 2.70. The molecule has 19 heavy (non-hydrogen) atoms. The highest BCUT2D eigenvalue weighted by molar-refractivity contribution is 9.10. The second-order valence-electron chi connectivity index (χ2n) is 4.82. The lowest BCUT2D eigenvalue weighted by atomic mass is 10.0. The zero-order valence-corrected chi connectivity index (χ0v) is 12.2. The fourth-order valence-electron chi connectivity index (χ4n) is 2.27. The van der Waals surface area contributed by atoms with Gasteiger partial charge in [-0.2, -0.15) is 0 Å². The third-order valence-corrected chi connectivity index (χ3v) is 3.91. The van der Waals surface area contributed by atoms with E-state index in [0.29, 0.717) is 5.92 Å². The first-order valence-electron chi connectivity index (χ1n) is 6.55. The molecule has 2 aromatic rings. The number of rotatable bonds is 3. The molecule has 5 heteroatoms. The SMILES string of the molecule is Brc1ccc2nc(NCC3CCOCC3)cnc2c1. The molecule has 0 amide bonds. The fourth-order valence-corrected chi connectivity index (χ4v) is 2.62. The summed E-state index contributed by atoms with van der Waals surface area (Å²) in [5, 5.41) is 3.38. The minimum atomic E-state index is 0.677. The van der Waals surface area contributed by atoms with Crippen molar-refractivity contribution in [3.63, 3.8) is 0 Å². The largest absolute Gasteiger partial charge is 0.381 e. The highest BCUT2D eigenvalue weighted by Crippen LogP contribution is 2.19. The smallest absolute Gasteiger partial charge is 0.145 e. The van der Waals surface area contributed by atoms with Crippen LogP contribution in [0.15, 0.2) is 28.9 Å². The topological polar surface area (TPSA) is 47.0 Å². The molecule has 1 aromatic carbocycles. The minimum Gasteiger partial charge on any atom is -0.381 e. The molecule has 4 nitrogen and oxygen atoms in total. The van der Waals surface area contributed by atoms with Crippen LogP contribution in [0.1, 0.15) is 12.8 Å². The van der Waals surface area contributed by atoms with Crippen LogP contribution in [-0.4, -0.2) is 29.7 Å². The number of benzene rings is 1. The molecule has 1 aliphatic heterocycles. The zero-order valence-electron chi connectivity index (χ0n) is 10.6. The molecule has 0 aliphatic carbocycles. The van der Waals surface area contributed by atoms with Crippen molar-refractivity contribution in [2.24, 2.45) is 5.92 Å². The zero-order chi connectivity index (χ0) is 13.1. The number of nitrogens with one attached hydrogen (secondary N) is 1. The quantitative estimate of drug-likeness (QED) is 0.942. The van der Waals surface area contributed by atoms with Gasteiger partial charge in [0, 0.05) is 24.2 Å². The first-order valence-corrected chi connectivity index (χ1v) is 7.34. The Morgan fingerprint density at radius 3 is 2.95 bits per heavy atom. The highest BCUT2D eigenvalue weighted by Gasteiger charge is 2.13.